The molecular formula is C31H49F. The Labute approximate surface area is 198 Å². The zero-order valence-corrected chi connectivity index (χ0v) is 20.9. The third-order valence-corrected chi connectivity index (χ3v) is 8.43. The maximum atomic E-state index is 13.0. The van der Waals surface area contributed by atoms with Gasteiger partial charge in [-0.05, 0) is 74.0 Å². The fourth-order valence-corrected chi connectivity index (χ4v) is 6.06. The summed E-state index contributed by atoms with van der Waals surface area (Å²) in [7, 11) is 0. The van der Waals surface area contributed by atoms with Crippen LogP contribution in [0.2, 0.25) is 0 Å². The first kappa shape index (κ1) is 25.5. The molecule has 1 atom stereocenters. The first-order chi connectivity index (χ1) is 15.7. The lowest BCUT2D eigenvalue weighted by Gasteiger charge is -2.30. The highest BCUT2D eigenvalue weighted by atomic mass is 19.1. The van der Waals surface area contributed by atoms with Gasteiger partial charge >= 0.3 is 0 Å². The predicted molar refractivity (Wildman–Crippen MR) is 137 cm³/mol. The molecule has 2 aliphatic carbocycles. The number of benzene rings is 1. The van der Waals surface area contributed by atoms with Gasteiger partial charge in [0.2, 0.25) is 0 Å². The first-order valence-electron chi connectivity index (χ1n) is 14.1. The highest BCUT2D eigenvalue weighted by Crippen LogP contribution is 2.37. The van der Waals surface area contributed by atoms with Gasteiger partial charge in [0.1, 0.15) is 5.82 Å². The maximum absolute atomic E-state index is 13.0. The van der Waals surface area contributed by atoms with Crippen molar-refractivity contribution < 1.29 is 4.39 Å². The largest absolute Gasteiger partial charge is 0.207 e. The summed E-state index contributed by atoms with van der Waals surface area (Å²) in [4.78, 5) is 0. The van der Waals surface area contributed by atoms with E-state index in [0.717, 1.165) is 30.6 Å². The first-order valence-corrected chi connectivity index (χ1v) is 14.1. The van der Waals surface area contributed by atoms with Crippen molar-refractivity contribution in [3.05, 3.63) is 47.3 Å². The number of rotatable bonds is 14. The van der Waals surface area contributed by atoms with Gasteiger partial charge in [-0.15, -0.1) is 0 Å². The lowest BCUT2D eigenvalue weighted by molar-refractivity contribution is 0.234. The molecule has 0 nitrogen and oxygen atoms in total. The minimum Gasteiger partial charge on any atom is -0.207 e. The molecule has 0 aromatic heterocycles. The van der Waals surface area contributed by atoms with Crippen molar-refractivity contribution in [3.63, 3.8) is 0 Å². The van der Waals surface area contributed by atoms with Gasteiger partial charge in [0, 0.05) is 0 Å². The Morgan fingerprint density at radius 1 is 0.688 bits per heavy atom. The third kappa shape index (κ3) is 9.80. The van der Waals surface area contributed by atoms with Gasteiger partial charge in [-0.2, -0.15) is 0 Å². The van der Waals surface area contributed by atoms with Crippen molar-refractivity contribution in [3.8, 4) is 0 Å². The van der Waals surface area contributed by atoms with Crippen LogP contribution < -0.4 is 0 Å². The Morgan fingerprint density at radius 3 is 1.97 bits per heavy atom. The highest BCUT2D eigenvalue weighted by Gasteiger charge is 2.22. The molecule has 32 heavy (non-hydrogen) atoms. The van der Waals surface area contributed by atoms with E-state index in [1.54, 1.807) is 17.7 Å². The van der Waals surface area contributed by atoms with Crippen LogP contribution in [0.1, 0.15) is 128 Å². The predicted octanol–water partition coefficient (Wildman–Crippen LogP) is 10.2. The number of unbranched alkanes of at least 4 members (excludes halogenated alkanes) is 6. The van der Waals surface area contributed by atoms with Crippen LogP contribution in [-0.2, 0) is 6.42 Å². The minimum atomic E-state index is -0.130. The van der Waals surface area contributed by atoms with E-state index >= 15 is 0 Å². The van der Waals surface area contributed by atoms with E-state index in [1.165, 1.54) is 115 Å². The Kier molecular flexibility index (Phi) is 11.9. The molecule has 0 heterocycles. The fraction of sp³-hybridized carbons (Fsp3) is 0.742. The van der Waals surface area contributed by atoms with Crippen molar-refractivity contribution in [2.75, 3.05) is 0 Å². The van der Waals surface area contributed by atoms with Gasteiger partial charge in [0.25, 0.3) is 0 Å². The summed E-state index contributed by atoms with van der Waals surface area (Å²) in [6, 6.07) is 7.04. The van der Waals surface area contributed by atoms with Gasteiger partial charge in [0.15, 0.2) is 0 Å². The Morgan fingerprint density at radius 2 is 1.31 bits per heavy atom. The monoisotopic (exact) mass is 440 g/mol. The highest BCUT2D eigenvalue weighted by molar-refractivity contribution is 5.18. The van der Waals surface area contributed by atoms with Crippen LogP contribution in [-0.4, -0.2) is 0 Å². The van der Waals surface area contributed by atoms with E-state index in [9.17, 15) is 4.39 Å². The van der Waals surface area contributed by atoms with E-state index in [-0.39, 0.29) is 5.82 Å². The van der Waals surface area contributed by atoms with Crippen LogP contribution >= 0.6 is 0 Å². The van der Waals surface area contributed by atoms with E-state index in [4.69, 9.17) is 0 Å². The van der Waals surface area contributed by atoms with Gasteiger partial charge in [-0.1, -0.05) is 114 Å². The zero-order chi connectivity index (χ0) is 22.4. The Bertz CT molecular complexity index is 635. The fourth-order valence-electron chi connectivity index (χ4n) is 6.06. The van der Waals surface area contributed by atoms with E-state index in [2.05, 4.69) is 13.0 Å². The molecule has 1 saturated carbocycles. The van der Waals surface area contributed by atoms with Crippen molar-refractivity contribution >= 4 is 0 Å². The minimum absolute atomic E-state index is 0.130. The molecule has 1 aromatic carbocycles. The van der Waals surface area contributed by atoms with Gasteiger partial charge in [-0.25, -0.2) is 4.39 Å². The summed E-state index contributed by atoms with van der Waals surface area (Å²) in [6.07, 6.45) is 29.3. The van der Waals surface area contributed by atoms with Crippen molar-refractivity contribution in [1.82, 2.24) is 0 Å². The van der Waals surface area contributed by atoms with E-state index < -0.39 is 0 Å². The second-order valence-corrected chi connectivity index (χ2v) is 11.0. The molecule has 0 aliphatic heterocycles. The number of halogens is 1. The number of hydrogen-bond donors (Lipinski definition) is 0. The maximum Gasteiger partial charge on any atom is 0.123 e. The second kappa shape index (κ2) is 14.9. The van der Waals surface area contributed by atoms with Crippen molar-refractivity contribution in [1.29, 1.82) is 0 Å². The zero-order valence-electron chi connectivity index (χ0n) is 20.9. The second-order valence-electron chi connectivity index (χ2n) is 11.0. The molecule has 1 aromatic rings. The molecule has 1 fully saturated rings. The average Bonchev–Trinajstić information content (AvgIpc) is 2.83. The van der Waals surface area contributed by atoms with Crippen LogP contribution in [0.25, 0.3) is 0 Å². The van der Waals surface area contributed by atoms with Crippen molar-refractivity contribution in [2.45, 2.75) is 129 Å². The van der Waals surface area contributed by atoms with Crippen LogP contribution in [0.4, 0.5) is 4.39 Å². The molecule has 1 heteroatoms. The molecule has 2 aliphatic rings. The number of hydrogen-bond acceptors (Lipinski definition) is 0. The van der Waals surface area contributed by atoms with E-state index in [0.29, 0.717) is 0 Å². The number of allylic oxidation sites excluding steroid dienone is 2. The molecule has 180 valence electrons. The Balaban J connectivity index is 1.21. The molecule has 0 amide bonds. The van der Waals surface area contributed by atoms with E-state index in [1.807, 2.05) is 12.1 Å². The molecule has 3 rings (SSSR count). The van der Waals surface area contributed by atoms with Crippen LogP contribution in [0, 0.1) is 23.6 Å². The van der Waals surface area contributed by atoms with Gasteiger partial charge in [0.05, 0.1) is 0 Å². The normalized spacial score (nSPS) is 23.8. The molecule has 1 unspecified atom stereocenters. The van der Waals surface area contributed by atoms with Gasteiger partial charge < -0.3 is 0 Å². The SMILES string of the molecule is CCCCCCCCCC1CCC(CCC2CC=C(CCc3ccc(F)cc3)CC2)CC1. The lowest BCUT2D eigenvalue weighted by atomic mass is 9.76. The molecule has 0 radical (unpaired) electrons. The summed E-state index contributed by atoms with van der Waals surface area (Å²) in [5, 5.41) is 0. The summed E-state index contributed by atoms with van der Waals surface area (Å²) in [5.74, 6) is 2.86. The molecule has 0 bridgehead atoms. The summed E-state index contributed by atoms with van der Waals surface area (Å²) in [5.41, 5.74) is 2.90. The Hall–Kier alpha value is -1.11. The lowest BCUT2D eigenvalue weighted by Crippen LogP contribution is -2.16. The third-order valence-electron chi connectivity index (χ3n) is 8.43. The quantitative estimate of drug-likeness (QED) is 0.199. The molecule has 0 spiro atoms. The van der Waals surface area contributed by atoms with Crippen LogP contribution in [0.5, 0.6) is 0 Å². The van der Waals surface area contributed by atoms with Gasteiger partial charge in [-0.3, -0.25) is 0 Å². The summed E-state index contributed by atoms with van der Waals surface area (Å²) in [6.45, 7) is 2.30. The molecular weight excluding hydrogens is 391 g/mol. The van der Waals surface area contributed by atoms with Crippen LogP contribution in [0.3, 0.4) is 0 Å². The standard InChI is InChI=1S/C31H49F/c1-2-3-4-5-6-7-8-9-26-10-12-27(13-11-26)14-15-28-16-18-29(19-17-28)20-21-30-22-24-31(32)25-23-30/h18,22-28H,2-17,19-21H2,1H3. The number of aryl methyl sites for hydroxylation is 1. The smallest absolute Gasteiger partial charge is 0.123 e. The molecule has 0 saturated heterocycles. The average molecular weight is 441 g/mol. The van der Waals surface area contributed by atoms with Crippen LogP contribution in [0.15, 0.2) is 35.9 Å². The summed E-state index contributed by atoms with van der Waals surface area (Å²) >= 11 is 0. The summed E-state index contributed by atoms with van der Waals surface area (Å²) < 4.78 is 13.0. The molecule has 0 N–H and O–H groups in total. The van der Waals surface area contributed by atoms with Crippen molar-refractivity contribution in [2.24, 2.45) is 17.8 Å². The topological polar surface area (TPSA) is 0 Å².